The summed E-state index contributed by atoms with van der Waals surface area (Å²) in [6, 6.07) is 11.5. The predicted molar refractivity (Wildman–Crippen MR) is 81.8 cm³/mol. The van der Waals surface area contributed by atoms with Crippen LogP contribution in [0.3, 0.4) is 0 Å². The van der Waals surface area contributed by atoms with Crippen LogP contribution in [0, 0.1) is 6.92 Å². The zero-order valence-electron chi connectivity index (χ0n) is 11.3. The predicted octanol–water partition coefficient (Wildman–Crippen LogP) is 3.38. The maximum atomic E-state index is 8.97. The number of furan rings is 1. The molecule has 0 aliphatic rings. The number of pyridine rings is 1. The van der Waals surface area contributed by atoms with Crippen LogP contribution in [0.25, 0.3) is 10.9 Å². The van der Waals surface area contributed by atoms with Crippen LogP contribution < -0.4 is 5.73 Å². The molecule has 0 amide bonds. The Labute approximate surface area is 125 Å². The van der Waals surface area contributed by atoms with Crippen molar-refractivity contribution >= 4 is 28.5 Å². The van der Waals surface area contributed by atoms with E-state index in [2.05, 4.69) is 10.1 Å². The third kappa shape index (κ3) is 2.57. The number of amidine groups is 1. The topological polar surface area (TPSA) is 84.6 Å². The summed E-state index contributed by atoms with van der Waals surface area (Å²) in [4.78, 5) is 5.56. The number of benzene rings is 1. The maximum Gasteiger partial charge on any atom is 0.172 e. The molecule has 2 aromatic heterocycles. The maximum absolute atomic E-state index is 8.97. The number of nitrogens with zero attached hydrogens (tertiary/aromatic N) is 2. The summed E-state index contributed by atoms with van der Waals surface area (Å²) < 4.78 is 5.29. The van der Waals surface area contributed by atoms with Gasteiger partial charge in [0.05, 0.1) is 22.2 Å². The normalized spacial score (nSPS) is 12.0. The Morgan fingerprint density at radius 1 is 1.33 bits per heavy atom. The van der Waals surface area contributed by atoms with Crippen LogP contribution in [-0.4, -0.2) is 16.0 Å². The van der Waals surface area contributed by atoms with Gasteiger partial charge in [0, 0.05) is 5.39 Å². The number of rotatable bonds is 3. The number of hydrogen-bond donors (Lipinski definition) is 2. The molecule has 21 heavy (non-hydrogen) atoms. The average molecular weight is 299 g/mol. The first-order valence-electron chi connectivity index (χ1n) is 6.28. The first-order valence-corrected chi connectivity index (χ1v) is 7.10. The van der Waals surface area contributed by atoms with Gasteiger partial charge in [0.2, 0.25) is 0 Å². The lowest BCUT2D eigenvalue weighted by Gasteiger charge is -2.08. The van der Waals surface area contributed by atoms with E-state index in [1.54, 1.807) is 6.26 Å². The lowest BCUT2D eigenvalue weighted by atomic mass is 10.1. The quantitative estimate of drug-likeness (QED) is 0.335. The molecule has 0 atom stereocenters. The first-order chi connectivity index (χ1) is 10.2. The summed E-state index contributed by atoms with van der Waals surface area (Å²) in [6.07, 6.45) is 1.63. The number of oxime groups is 1. The molecule has 0 saturated carbocycles. The molecule has 0 saturated heterocycles. The molecule has 0 aliphatic carbocycles. The SMILES string of the molecule is Cc1occc1Sc1nc2ccccc2cc1/C(N)=N/O. The summed E-state index contributed by atoms with van der Waals surface area (Å²) >= 11 is 1.43. The van der Waals surface area contributed by atoms with E-state index in [9.17, 15) is 0 Å². The Morgan fingerprint density at radius 3 is 2.86 bits per heavy atom. The van der Waals surface area contributed by atoms with Crippen molar-refractivity contribution in [1.82, 2.24) is 4.98 Å². The molecule has 1 aromatic carbocycles. The molecule has 0 bridgehead atoms. The van der Waals surface area contributed by atoms with Crippen LogP contribution in [0.4, 0.5) is 0 Å². The van der Waals surface area contributed by atoms with Crippen LogP contribution in [0.5, 0.6) is 0 Å². The summed E-state index contributed by atoms with van der Waals surface area (Å²) in [5.41, 5.74) is 7.23. The fourth-order valence-electron chi connectivity index (χ4n) is 2.00. The van der Waals surface area contributed by atoms with Crippen LogP contribution >= 0.6 is 11.8 Å². The van der Waals surface area contributed by atoms with E-state index >= 15 is 0 Å². The second-order valence-corrected chi connectivity index (χ2v) is 5.49. The number of aromatic nitrogens is 1. The van der Waals surface area contributed by atoms with Gasteiger partial charge in [-0.15, -0.1) is 0 Å². The molecule has 3 N–H and O–H groups in total. The molecule has 2 heterocycles. The highest BCUT2D eigenvalue weighted by Crippen LogP contribution is 2.33. The zero-order chi connectivity index (χ0) is 14.8. The third-order valence-corrected chi connectivity index (χ3v) is 4.24. The van der Waals surface area contributed by atoms with Gasteiger partial charge in [-0.1, -0.05) is 35.1 Å². The van der Waals surface area contributed by atoms with E-state index in [1.807, 2.05) is 43.3 Å². The highest BCUT2D eigenvalue weighted by atomic mass is 32.2. The number of fused-ring (bicyclic) bond motifs is 1. The van der Waals surface area contributed by atoms with E-state index < -0.39 is 0 Å². The second kappa shape index (κ2) is 5.49. The summed E-state index contributed by atoms with van der Waals surface area (Å²) in [7, 11) is 0. The minimum Gasteiger partial charge on any atom is -0.468 e. The average Bonchev–Trinajstić information content (AvgIpc) is 2.91. The smallest absolute Gasteiger partial charge is 0.172 e. The van der Waals surface area contributed by atoms with Gasteiger partial charge in [-0.25, -0.2) is 4.98 Å². The molecule has 3 rings (SSSR count). The van der Waals surface area contributed by atoms with Crippen molar-refractivity contribution in [2.75, 3.05) is 0 Å². The van der Waals surface area contributed by atoms with Crippen molar-refractivity contribution in [3.05, 3.63) is 54.0 Å². The van der Waals surface area contributed by atoms with Gasteiger partial charge in [0.1, 0.15) is 10.8 Å². The van der Waals surface area contributed by atoms with Gasteiger partial charge >= 0.3 is 0 Å². The molecule has 0 fully saturated rings. The van der Waals surface area contributed by atoms with Crippen molar-refractivity contribution in [2.24, 2.45) is 10.9 Å². The highest BCUT2D eigenvalue weighted by Gasteiger charge is 2.14. The number of nitrogens with two attached hydrogens (primary N) is 1. The van der Waals surface area contributed by atoms with E-state index in [1.165, 1.54) is 11.8 Å². The summed E-state index contributed by atoms with van der Waals surface area (Å²) in [6.45, 7) is 1.88. The second-order valence-electron chi connectivity index (χ2n) is 4.46. The molecule has 0 spiro atoms. The molecule has 0 aliphatic heterocycles. The van der Waals surface area contributed by atoms with Crippen molar-refractivity contribution in [3.63, 3.8) is 0 Å². The first kappa shape index (κ1) is 13.5. The molecule has 0 radical (unpaired) electrons. The Hall–Kier alpha value is -2.47. The largest absolute Gasteiger partial charge is 0.468 e. The molecular formula is C15H13N3O2S. The van der Waals surface area contributed by atoms with Crippen LogP contribution in [0.1, 0.15) is 11.3 Å². The lowest BCUT2D eigenvalue weighted by molar-refractivity contribution is 0.318. The van der Waals surface area contributed by atoms with Crippen molar-refractivity contribution in [3.8, 4) is 0 Å². The van der Waals surface area contributed by atoms with E-state index in [4.69, 9.17) is 15.4 Å². The summed E-state index contributed by atoms with van der Waals surface area (Å²) in [5.74, 6) is 0.845. The van der Waals surface area contributed by atoms with Crippen molar-refractivity contribution < 1.29 is 9.62 Å². The minimum atomic E-state index is 0.0388. The Kier molecular flexibility index (Phi) is 3.53. The third-order valence-electron chi connectivity index (χ3n) is 3.09. The van der Waals surface area contributed by atoms with Gasteiger partial charge in [-0.2, -0.15) is 0 Å². The molecule has 6 heteroatoms. The molecule has 3 aromatic rings. The molecule has 5 nitrogen and oxygen atoms in total. The standard InChI is InChI=1S/C15H13N3O2S/c1-9-13(6-7-20-9)21-15-11(14(16)18-19)8-10-4-2-3-5-12(10)17-15/h2-8,19H,1H3,(H2,16,18). The molecule has 106 valence electrons. The molecular weight excluding hydrogens is 286 g/mol. The van der Waals surface area contributed by atoms with Gasteiger partial charge in [0.25, 0.3) is 0 Å². The number of para-hydroxylation sites is 1. The minimum absolute atomic E-state index is 0.0388. The molecule has 0 unspecified atom stereocenters. The zero-order valence-corrected chi connectivity index (χ0v) is 12.1. The Balaban J connectivity index is 2.16. The van der Waals surface area contributed by atoms with Gasteiger partial charge in [-0.3, -0.25) is 0 Å². The van der Waals surface area contributed by atoms with Gasteiger partial charge in [-0.05, 0) is 25.1 Å². The lowest BCUT2D eigenvalue weighted by Crippen LogP contribution is -2.15. The summed E-state index contributed by atoms with van der Waals surface area (Å²) in [5, 5.41) is 13.7. The van der Waals surface area contributed by atoms with Crippen LogP contribution in [0.15, 0.2) is 62.2 Å². The van der Waals surface area contributed by atoms with E-state index in [-0.39, 0.29) is 5.84 Å². The number of aryl methyl sites for hydroxylation is 1. The van der Waals surface area contributed by atoms with Crippen LogP contribution in [-0.2, 0) is 0 Å². The van der Waals surface area contributed by atoms with Crippen LogP contribution in [0.2, 0.25) is 0 Å². The van der Waals surface area contributed by atoms with E-state index in [0.29, 0.717) is 10.6 Å². The van der Waals surface area contributed by atoms with Crippen molar-refractivity contribution in [2.45, 2.75) is 16.8 Å². The Morgan fingerprint density at radius 2 is 2.14 bits per heavy atom. The monoisotopic (exact) mass is 299 g/mol. The van der Waals surface area contributed by atoms with Crippen molar-refractivity contribution in [1.29, 1.82) is 0 Å². The van der Waals surface area contributed by atoms with Gasteiger partial charge in [0.15, 0.2) is 5.84 Å². The Bertz CT molecular complexity index is 827. The van der Waals surface area contributed by atoms with E-state index in [0.717, 1.165) is 21.6 Å². The fourth-order valence-corrected chi connectivity index (χ4v) is 2.94. The fraction of sp³-hybridized carbons (Fsp3) is 0.0667. The highest BCUT2D eigenvalue weighted by molar-refractivity contribution is 7.99. The number of hydrogen-bond acceptors (Lipinski definition) is 5. The van der Waals surface area contributed by atoms with Gasteiger partial charge < -0.3 is 15.4 Å².